The number of aromatic nitrogens is 2. The summed E-state index contributed by atoms with van der Waals surface area (Å²) in [5, 5.41) is 5.18. The Kier molecular flexibility index (Phi) is 6.98. The van der Waals surface area contributed by atoms with Gasteiger partial charge in [0.15, 0.2) is 5.82 Å². The molecule has 2 aliphatic rings. The Bertz CT molecular complexity index is 3060. The highest BCUT2D eigenvalue weighted by Crippen LogP contribution is 2.54. The number of nitrogens with zero attached hydrogens (tertiary/aromatic N) is 2. The van der Waals surface area contributed by atoms with Crippen LogP contribution in [0.15, 0.2) is 170 Å². The number of hydrogen-bond acceptors (Lipinski definition) is 2. The molecular formula is C54H40N2. The third-order valence-corrected chi connectivity index (χ3v) is 12.6. The molecule has 2 aliphatic carbocycles. The van der Waals surface area contributed by atoms with Gasteiger partial charge in [0, 0.05) is 27.5 Å². The lowest BCUT2D eigenvalue weighted by atomic mass is 9.80. The predicted octanol–water partition coefficient (Wildman–Crippen LogP) is 14.1. The van der Waals surface area contributed by atoms with Gasteiger partial charge < -0.3 is 0 Å². The standard InChI is InChI=1S/C54H40N2/c1-53(2)45-20-12-19-40(50(45)44-29-37-16-8-9-17-38(37)30-47(44)53)34-21-23-35(24-22-34)48-32-49(56-52(55-48)36-14-6-5-7-15-36)39-26-27-42-43-28-25-33-13-10-11-18-41(33)51(43)54(3,4)46(42)31-39/h5-32H,1-4H3. The normalized spacial score (nSPS) is 14.4. The molecule has 0 N–H and O–H groups in total. The first-order valence-electron chi connectivity index (χ1n) is 19.7. The topological polar surface area (TPSA) is 25.8 Å². The molecule has 0 saturated carbocycles. The summed E-state index contributed by atoms with van der Waals surface area (Å²) in [6, 6.07) is 62.0. The molecule has 0 bridgehead atoms. The van der Waals surface area contributed by atoms with Crippen molar-refractivity contribution in [2.75, 3.05) is 0 Å². The number of hydrogen-bond donors (Lipinski definition) is 0. The lowest BCUT2D eigenvalue weighted by Gasteiger charge is -2.23. The Hall–Kier alpha value is -6.64. The summed E-state index contributed by atoms with van der Waals surface area (Å²) in [5.41, 5.74) is 18.0. The molecule has 0 radical (unpaired) electrons. The van der Waals surface area contributed by atoms with Crippen LogP contribution in [0, 0.1) is 0 Å². The van der Waals surface area contributed by atoms with Crippen molar-refractivity contribution in [1.29, 1.82) is 0 Å². The van der Waals surface area contributed by atoms with Gasteiger partial charge in [-0.2, -0.15) is 0 Å². The first-order valence-corrected chi connectivity index (χ1v) is 19.7. The van der Waals surface area contributed by atoms with E-state index in [4.69, 9.17) is 9.97 Å². The number of benzene rings is 8. The first-order chi connectivity index (χ1) is 27.3. The van der Waals surface area contributed by atoms with E-state index in [1.165, 1.54) is 77.2 Å². The van der Waals surface area contributed by atoms with Gasteiger partial charge in [-0.05, 0) is 101 Å². The molecule has 2 nitrogen and oxygen atoms in total. The Morgan fingerprint density at radius 3 is 1.77 bits per heavy atom. The van der Waals surface area contributed by atoms with Crippen molar-refractivity contribution in [1.82, 2.24) is 9.97 Å². The van der Waals surface area contributed by atoms with Crippen LogP contribution in [0.3, 0.4) is 0 Å². The summed E-state index contributed by atoms with van der Waals surface area (Å²) >= 11 is 0. The summed E-state index contributed by atoms with van der Waals surface area (Å²) in [7, 11) is 0. The van der Waals surface area contributed by atoms with E-state index in [0.29, 0.717) is 0 Å². The van der Waals surface area contributed by atoms with Gasteiger partial charge in [-0.15, -0.1) is 0 Å². The smallest absolute Gasteiger partial charge is 0.160 e. The summed E-state index contributed by atoms with van der Waals surface area (Å²) < 4.78 is 0. The first kappa shape index (κ1) is 32.8. The Morgan fingerprint density at radius 1 is 0.357 bits per heavy atom. The summed E-state index contributed by atoms with van der Waals surface area (Å²) in [4.78, 5) is 10.4. The minimum atomic E-state index is -0.157. The zero-order valence-electron chi connectivity index (χ0n) is 32.1. The van der Waals surface area contributed by atoms with Crippen molar-refractivity contribution in [3.05, 3.63) is 192 Å². The molecule has 0 spiro atoms. The maximum Gasteiger partial charge on any atom is 0.160 e. The van der Waals surface area contributed by atoms with Crippen LogP contribution in [-0.2, 0) is 10.8 Å². The molecule has 0 atom stereocenters. The van der Waals surface area contributed by atoms with E-state index in [9.17, 15) is 0 Å². The van der Waals surface area contributed by atoms with E-state index in [1.807, 2.05) is 6.07 Å². The van der Waals surface area contributed by atoms with Gasteiger partial charge in [-0.3, -0.25) is 0 Å². The zero-order chi connectivity index (χ0) is 37.8. The van der Waals surface area contributed by atoms with Gasteiger partial charge in [0.05, 0.1) is 11.4 Å². The minimum Gasteiger partial charge on any atom is -0.228 e. The minimum absolute atomic E-state index is 0.0841. The molecule has 2 heteroatoms. The molecule has 0 unspecified atom stereocenters. The van der Waals surface area contributed by atoms with Gasteiger partial charge in [0.2, 0.25) is 0 Å². The fourth-order valence-electron chi connectivity index (χ4n) is 9.75. The second-order valence-electron chi connectivity index (χ2n) is 16.6. The summed E-state index contributed by atoms with van der Waals surface area (Å²) in [6.45, 7) is 9.44. The van der Waals surface area contributed by atoms with Gasteiger partial charge in [-0.25, -0.2) is 9.97 Å². The van der Waals surface area contributed by atoms with E-state index in [1.54, 1.807) is 0 Å². The Balaban J connectivity index is 1.02. The average Bonchev–Trinajstić information content (AvgIpc) is 3.62. The van der Waals surface area contributed by atoms with Gasteiger partial charge in [-0.1, -0.05) is 173 Å². The molecule has 1 aromatic heterocycles. The van der Waals surface area contributed by atoms with E-state index < -0.39 is 0 Å². The molecule has 1 heterocycles. The Morgan fingerprint density at radius 2 is 0.982 bits per heavy atom. The van der Waals surface area contributed by atoms with E-state index in [-0.39, 0.29) is 10.8 Å². The summed E-state index contributed by atoms with van der Waals surface area (Å²) in [5.74, 6) is 0.725. The fourth-order valence-corrected chi connectivity index (χ4v) is 9.75. The lowest BCUT2D eigenvalue weighted by Crippen LogP contribution is -2.15. The van der Waals surface area contributed by atoms with Gasteiger partial charge >= 0.3 is 0 Å². The van der Waals surface area contributed by atoms with Crippen molar-refractivity contribution in [3.63, 3.8) is 0 Å². The van der Waals surface area contributed by atoms with Crippen molar-refractivity contribution in [2.24, 2.45) is 0 Å². The third-order valence-electron chi connectivity index (χ3n) is 12.6. The second kappa shape index (κ2) is 11.9. The highest BCUT2D eigenvalue weighted by Gasteiger charge is 2.38. The maximum absolute atomic E-state index is 5.22. The van der Waals surface area contributed by atoms with Crippen LogP contribution in [-0.4, -0.2) is 9.97 Å². The van der Waals surface area contributed by atoms with E-state index >= 15 is 0 Å². The van der Waals surface area contributed by atoms with Crippen LogP contribution in [0.1, 0.15) is 49.9 Å². The molecule has 0 aliphatic heterocycles. The zero-order valence-corrected chi connectivity index (χ0v) is 32.1. The second-order valence-corrected chi connectivity index (χ2v) is 16.6. The third kappa shape index (κ3) is 4.82. The highest BCUT2D eigenvalue weighted by atomic mass is 14.9. The van der Waals surface area contributed by atoms with E-state index in [0.717, 1.165) is 33.9 Å². The van der Waals surface area contributed by atoms with Crippen molar-refractivity contribution in [2.45, 2.75) is 38.5 Å². The Labute approximate surface area is 328 Å². The van der Waals surface area contributed by atoms with Crippen molar-refractivity contribution in [3.8, 4) is 67.3 Å². The molecule has 8 aromatic carbocycles. The van der Waals surface area contributed by atoms with Crippen molar-refractivity contribution < 1.29 is 0 Å². The molecule has 0 saturated heterocycles. The van der Waals surface area contributed by atoms with Crippen LogP contribution in [0.4, 0.5) is 0 Å². The average molecular weight is 717 g/mol. The highest BCUT2D eigenvalue weighted by molar-refractivity contribution is 6.00. The van der Waals surface area contributed by atoms with Crippen molar-refractivity contribution >= 4 is 21.5 Å². The van der Waals surface area contributed by atoms with Crippen LogP contribution in [0.5, 0.6) is 0 Å². The molecule has 56 heavy (non-hydrogen) atoms. The van der Waals surface area contributed by atoms with Gasteiger partial charge in [0.25, 0.3) is 0 Å². The SMILES string of the molecule is CC1(C)c2cc3ccccc3cc2-c2c(-c3ccc(-c4cc(-c5ccc6c(c5)C(C)(C)c5c-6ccc6ccccc56)nc(-c5ccccc5)n4)cc3)cccc21. The van der Waals surface area contributed by atoms with Crippen LogP contribution in [0.2, 0.25) is 0 Å². The molecule has 266 valence electrons. The number of rotatable bonds is 4. The predicted molar refractivity (Wildman–Crippen MR) is 234 cm³/mol. The van der Waals surface area contributed by atoms with Crippen LogP contribution < -0.4 is 0 Å². The van der Waals surface area contributed by atoms with Crippen LogP contribution >= 0.6 is 0 Å². The fraction of sp³-hybridized carbons (Fsp3) is 0.111. The quantitative estimate of drug-likeness (QED) is 0.181. The molecule has 0 fully saturated rings. The van der Waals surface area contributed by atoms with Crippen LogP contribution in [0.25, 0.3) is 88.8 Å². The molecule has 9 aromatic rings. The maximum atomic E-state index is 5.22. The molecule has 0 amide bonds. The molecular weight excluding hydrogens is 677 g/mol. The molecule has 11 rings (SSSR count). The lowest BCUT2D eigenvalue weighted by molar-refractivity contribution is 0.661. The summed E-state index contributed by atoms with van der Waals surface area (Å²) in [6.07, 6.45) is 0. The van der Waals surface area contributed by atoms with Gasteiger partial charge in [0.1, 0.15) is 0 Å². The van der Waals surface area contributed by atoms with E-state index in [2.05, 4.69) is 191 Å². The number of fused-ring (bicyclic) bond motifs is 9. The monoisotopic (exact) mass is 716 g/mol. The largest absolute Gasteiger partial charge is 0.228 e.